The molecular weight excluding hydrogens is 120 g/mol. The van der Waals surface area contributed by atoms with E-state index in [1.165, 1.54) is 12.8 Å². The van der Waals surface area contributed by atoms with Crippen molar-refractivity contribution in [3.63, 3.8) is 0 Å². The third-order valence-electron chi connectivity index (χ3n) is 4.60. The zero-order valence-corrected chi connectivity index (χ0v) is 7.99. The molecule has 0 heteroatoms. The minimum atomic E-state index is 0.655. The van der Waals surface area contributed by atoms with E-state index in [4.69, 9.17) is 0 Å². The van der Waals surface area contributed by atoms with Crippen LogP contribution in [0.3, 0.4) is 0 Å². The summed E-state index contributed by atoms with van der Waals surface area (Å²) in [5, 5.41) is 0. The number of hydrogen-bond acceptors (Lipinski definition) is 0. The van der Waals surface area contributed by atoms with Gasteiger partial charge in [-0.2, -0.15) is 0 Å². The lowest BCUT2D eigenvalue weighted by Crippen LogP contribution is -2.04. The van der Waals surface area contributed by atoms with Gasteiger partial charge in [0.2, 0.25) is 0 Å². The van der Waals surface area contributed by atoms with Crippen molar-refractivity contribution in [1.82, 2.24) is 0 Å². The van der Waals surface area contributed by atoms with E-state index >= 15 is 0 Å². The van der Waals surface area contributed by atoms with E-state index in [1.54, 1.807) is 0 Å². The van der Waals surface area contributed by atoms with Crippen LogP contribution in [0.15, 0.2) is 0 Å². The van der Waals surface area contributed by atoms with Crippen molar-refractivity contribution < 1.29 is 0 Å². The summed E-state index contributed by atoms with van der Waals surface area (Å²) < 4.78 is 0. The molecule has 2 unspecified atom stereocenters. The average molecular weight is 140 g/mol. The molecule has 0 radical (unpaired) electrons. The Labute approximate surface area is 65.0 Å². The van der Waals surface area contributed by atoms with Gasteiger partial charge in [-0.15, -0.1) is 0 Å². The van der Waals surface area contributed by atoms with Gasteiger partial charge in [-0.1, -0.05) is 34.6 Å². The van der Waals surface area contributed by atoms with Gasteiger partial charge in [-0.05, 0) is 29.6 Å². The Bertz CT molecular complexity index is 123. The first-order valence-electron chi connectivity index (χ1n) is 4.53. The fourth-order valence-electron chi connectivity index (χ4n) is 2.66. The van der Waals surface area contributed by atoms with Crippen molar-refractivity contribution in [1.29, 1.82) is 0 Å². The minimum Gasteiger partial charge on any atom is -0.0648 e. The van der Waals surface area contributed by atoms with E-state index in [0.717, 1.165) is 5.92 Å². The Morgan fingerprint density at radius 1 is 1.00 bits per heavy atom. The molecule has 1 rings (SSSR count). The lowest BCUT2D eigenvalue weighted by atomic mass is 9.92. The first kappa shape index (κ1) is 8.10. The summed E-state index contributed by atoms with van der Waals surface area (Å²) in [6, 6.07) is 0. The highest BCUT2D eigenvalue weighted by Gasteiger charge is 2.65. The van der Waals surface area contributed by atoms with Crippen LogP contribution in [-0.2, 0) is 0 Å². The normalized spacial score (nSPS) is 53.1. The highest BCUT2D eigenvalue weighted by atomic mass is 14.7. The van der Waals surface area contributed by atoms with Crippen LogP contribution in [0.25, 0.3) is 0 Å². The molecule has 0 bridgehead atoms. The summed E-state index contributed by atoms with van der Waals surface area (Å²) in [7, 11) is 0. The largest absolute Gasteiger partial charge is 0.0648 e. The van der Waals surface area contributed by atoms with E-state index in [1.807, 2.05) is 0 Å². The lowest BCUT2D eigenvalue weighted by molar-refractivity contribution is 0.367. The van der Waals surface area contributed by atoms with Crippen LogP contribution in [0.1, 0.15) is 47.5 Å². The summed E-state index contributed by atoms with van der Waals surface area (Å²) >= 11 is 0. The molecule has 0 aliphatic heterocycles. The highest BCUT2D eigenvalue weighted by molar-refractivity contribution is 5.13. The van der Waals surface area contributed by atoms with Crippen LogP contribution in [0.5, 0.6) is 0 Å². The zero-order chi connectivity index (χ0) is 7.99. The Balaban J connectivity index is 2.71. The second-order valence-corrected chi connectivity index (χ2v) is 4.26. The molecule has 0 spiro atoms. The second-order valence-electron chi connectivity index (χ2n) is 4.26. The van der Waals surface area contributed by atoms with E-state index < -0.39 is 0 Å². The molecule has 0 aromatic rings. The molecular formula is C10H20. The van der Waals surface area contributed by atoms with Crippen molar-refractivity contribution in [2.45, 2.75) is 47.5 Å². The van der Waals surface area contributed by atoms with E-state index in [9.17, 15) is 0 Å². The van der Waals surface area contributed by atoms with E-state index in [2.05, 4.69) is 34.6 Å². The van der Waals surface area contributed by atoms with Gasteiger partial charge in [0.25, 0.3) is 0 Å². The van der Waals surface area contributed by atoms with Crippen molar-refractivity contribution in [2.24, 2.45) is 16.7 Å². The van der Waals surface area contributed by atoms with Crippen LogP contribution in [0, 0.1) is 16.7 Å². The van der Waals surface area contributed by atoms with Crippen molar-refractivity contribution >= 4 is 0 Å². The SMILES string of the molecule is CCC1(C)C(C)C1(C)CC. The molecule has 1 aliphatic rings. The van der Waals surface area contributed by atoms with Crippen LogP contribution < -0.4 is 0 Å². The first-order valence-corrected chi connectivity index (χ1v) is 4.53. The Kier molecular flexibility index (Phi) is 1.61. The average Bonchev–Trinajstić information content (AvgIpc) is 2.38. The molecule has 0 N–H and O–H groups in total. The van der Waals surface area contributed by atoms with Gasteiger partial charge < -0.3 is 0 Å². The molecule has 2 atom stereocenters. The van der Waals surface area contributed by atoms with Crippen molar-refractivity contribution in [3.8, 4) is 0 Å². The topological polar surface area (TPSA) is 0 Å². The van der Waals surface area contributed by atoms with Gasteiger partial charge in [-0.25, -0.2) is 0 Å². The second kappa shape index (κ2) is 1.99. The van der Waals surface area contributed by atoms with Crippen LogP contribution in [-0.4, -0.2) is 0 Å². The third kappa shape index (κ3) is 0.627. The molecule has 1 aliphatic carbocycles. The Morgan fingerprint density at radius 3 is 1.40 bits per heavy atom. The number of rotatable bonds is 2. The smallest absolute Gasteiger partial charge is 0.0241 e. The van der Waals surface area contributed by atoms with E-state index in [0.29, 0.717) is 10.8 Å². The van der Waals surface area contributed by atoms with Crippen molar-refractivity contribution in [3.05, 3.63) is 0 Å². The molecule has 0 aromatic heterocycles. The monoisotopic (exact) mass is 140 g/mol. The summed E-state index contributed by atoms with van der Waals surface area (Å²) in [6.45, 7) is 11.9. The molecule has 0 nitrogen and oxygen atoms in total. The predicted octanol–water partition coefficient (Wildman–Crippen LogP) is 3.47. The van der Waals surface area contributed by atoms with Crippen LogP contribution in [0.2, 0.25) is 0 Å². The molecule has 60 valence electrons. The zero-order valence-electron chi connectivity index (χ0n) is 7.99. The predicted molar refractivity (Wildman–Crippen MR) is 46.0 cm³/mol. The molecule has 0 aromatic carbocycles. The quantitative estimate of drug-likeness (QED) is 0.551. The van der Waals surface area contributed by atoms with Gasteiger partial charge in [0, 0.05) is 0 Å². The third-order valence-corrected chi connectivity index (χ3v) is 4.60. The number of hydrogen-bond donors (Lipinski definition) is 0. The first-order chi connectivity index (χ1) is 4.53. The highest BCUT2D eigenvalue weighted by Crippen LogP contribution is 2.71. The van der Waals surface area contributed by atoms with Crippen LogP contribution in [0.4, 0.5) is 0 Å². The van der Waals surface area contributed by atoms with Gasteiger partial charge in [0.05, 0.1) is 0 Å². The maximum atomic E-state index is 2.43. The Hall–Kier alpha value is 0. The molecule has 1 fully saturated rings. The minimum absolute atomic E-state index is 0.655. The molecule has 1 saturated carbocycles. The lowest BCUT2D eigenvalue weighted by Gasteiger charge is -2.13. The van der Waals surface area contributed by atoms with Crippen molar-refractivity contribution in [2.75, 3.05) is 0 Å². The summed E-state index contributed by atoms with van der Waals surface area (Å²) in [5.74, 6) is 0.940. The summed E-state index contributed by atoms with van der Waals surface area (Å²) in [6.07, 6.45) is 2.69. The van der Waals surface area contributed by atoms with Crippen LogP contribution >= 0.6 is 0 Å². The fraction of sp³-hybridized carbons (Fsp3) is 1.00. The maximum Gasteiger partial charge on any atom is -0.0241 e. The molecule has 0 heterocycles. The van der Waals surface area contributed by atoms with E-state index in [-0.39, 0.29) is 0 Å². The Morgan fingerprint density at radius 2 is 1.30 bits per heavy atom. The van der Waals surface area contributed by atoms with Gasteiger partial charge in [0.15, 0.2) is 0 Å². The molecule has 0 amide bonds. The summed E-state index contributed by atoms with van der Waals surface area (Å²) in [5.41, 5.74) is 1.31. The van der Waals surface area contributed by atoms with Gasteiger partial charge >= 0.3 is 0 Å². The standard InChI is InChI=1S/C10H20/c1-6-9(4)8(3)10(9,5)7-2/h8H,6-7H2,1-5H3. The fourth-order valence-corrected chi connectivity index (χ4v) is 2.66. The summed E-state index contributed by atoms with van der Waals surface area (Å²) in [4.78, 5) is 0. The molecule has 0 saturated heterocycles. The van der Waals surface area contributed by atoms with Gasteiger partial charge in [0.1, 0.15) is 0 Å². The van der Waals surface area contributed by atoms with Gasteiger partial charge in [-0.3, -0.25) is 0 Å². The maximum absolute atomic E-state index is 2.43. The molecule has 10 heavy (non-hydrogen) atoms.